The van der Waals surface area contributed by atoms with Crippen LogP contribution in [0.25, 0.3) is 0 Å². The SMILES string of the molecule is C(=Nc1cccc[c]1[Bi]([c]1ccccc1N=Cc1ccccc1)[c]1ccccc1N=Cc1ccccc1)c1ccccc1. The molecule has 0 bridgehead atoms. The van der Waals surface area contributed by atoms with Crippen molar-refractivity contribution in [3.63, 3.8) is 0 Å². The number of benzene rings is 6. The summed E-state index contributed by atoms with van der Waals surface area (Å²) in [4.78, 5) is 15.1. The van der Waals surface area contributed by atoms with Gasteiger partial charge in [-0.2, -0.15) is 0 Å². The summed E-state index contributed by atoms with van der Waals surface area (Å²) >= 11 is -3.07. The van der Waals surface area contributed by atoms with Crippen molar-refractivity contribution in [2.75, 3.05) is 0 Å². The van der Waals surface area contributed by atoms with Crippen molar-refractivity contribution < 1.29 is 0 Å². The van der Waals surface area contributed by atoms with E-state index in [4.69, 9.17) is 15.0 Å². The molecule has 0 amide bonds. The summed E-state index contributed by atoms with van der Waals surface area (Å²) in [5.74, 6) is 0. The summed E-state index contributed by atoms with van der Waals surface area (Å²) in [5, 5.41) is 0. The van der Waals surface area contributed by atoms with Gasteiger partial charge in [0.15, 0.2) is 0 Å². The normalized spacial score (nSPS) is 11.7. The van der Waals surface area contributed by atoms with Crippen molar-refractivity contribution in [1.82, 2.24) is 0 Å². The molecular weight excluding hydrogens is 719 g/mol. The molecule has 3 nitrogen and oxygen atoms in total. The van der Waals surface area contributed by atoms with Crippen molar-refractivity contribution in [1.29, 1.82) is 0 Å². The molecule has 0 N–H and O–H groups in total. The average molecular weight is 750 g/mol. The van der Waals surface area contributed by atoms with Crippen LogP contribution in [-0.2, 0) is 0 Å². The molecule has 0 atom stereocenters. The third-order valence-corrected chi connectivity index (χ3v) is 16.9. The zero-order valence-corrected chi connectivity index (χ0v) is 27.1. The fraction of sp³-hybridized carbons (Fsp3) is 0. The van der Waals surface area contributed by atoms with Gasteiger partial charge in [-0.25, -0.2) is 0 Å². The van der Waals surface area contributed by atoms with Gasteiger partial charge >= 0.3 is 263 Å². The molecule has 6 aromatic carbocycles. The van der Waals surface area contributed by atoms with Gasteiger partial charge < -0.3 is 0 Å². The number of hydrogen-bond donors (Lipinski definition) is 0. The van der Waals surface area contributed by atoms with Crippen LogP contribution in [0.3, 0.4) is 0 Å². The topological polar surface area (TPSA) is 37.1 Å². The fourth-order valence-corrected chi connectivity index (χ4v) is 14.7. The summed E-state index contributed by atoms with van der Waals surface area (Å²) in [6.07, 6.45) is 5.87. The first-order chi connectivity index (χ1) is 21.3. The van der Waals surface area contributed by atoms with Crippen LogP contribution in [-0.4, -0.2) is 40.4 Å². The number of rotatable bonds is 9. The van der Waals surface area contributed by atoms with E-state index in [1.807, 2.05) is 73.2 Å². The van der Waals surface area contributed by atoms with E-state index in [0.29, 0.717) is 0 Å². The van der Waals surface area contributed by atoms with Gasteiger partial charge in [-0.1, -0.05) is 0 Å². The van der Waals surface area contributed by atoms with Crippen LogP contribution < -0.4 is 9.81 Å². The Kier molecular flexibility index (Phi) is 9.49. The first-order valence-corrected chi connectivity index (χ1v) is 19.4. The van der Waals surface area contributed by atoms with Crippen LogP contribution in [0.4, 0.5) is 17.1 Å². The number of hydrogen-bond acceptors (Lipinski definition) is 3. The predicted molar refractivity (Wildman–Crippen MR) is 185 cm³/mol. The molecule has 0 aromatic heterocycles. The third-order valence-electron chi connectivity index (χ3n) is 6.82. The quantitative estimate of drug-likeness (QED) is 0.109. The second-order valence-corrected chi connectivity index (χ2v) is 18.0. The first kappa shape index (κ1) is 28.3. The Morgan fingerprint density at radius 3 is 0.860 bits per heavy atom. The van der Waals surface area contributed by atoms with E-state index in [9.17, 15) is 0 Å². The van der Waals surface area contributed by atoms with E-state index in [1.54, 1.807) is 0 Å². The Morgan fingerprint density at radius 1 is 0.302 bits per heavy atom. The molecule has 6 aromatic rings. The van der Waals surface area contributed by atoms with Crippen molar-refractivity contribution >= 4 is 67.3 Å². The van der Waals surface area contributed by atoms with Crippen molar-refractivity contribution in [3.05, 3.63) is 180 Å². The summed E-state index contributed by atoms with van der Waals surface area (Å²) in [5.41, 5.74) is 6.20. The van der Waals surface area contributed by atoms with E-state index < -0.39 is 21.8 Å². The van der Waals surface area contributed by atoms with Gasteiger partial charge in [0.1, 0.15) is 0 Å². The molecule has 0 fully saturated rings. The maximum absolute atomic E-state index is 5.04. The summed E-state index contributed by atoms with van der Waals surface area (Å²) in [7, 11) is 0. The Morgan fingerprint density at radius 2 is 0.558 bits per heavy atom. The summed E-state index contributed by atoms with van der Waals surface area (Å²) < 4.78 is 3.86. The molecule has 0 aliphatic rings. The second-order valence-electron chi connectivity index (χ2n) is 9.81. The Labute approximate surface area is 261 Å². The fourth-order valence-electron chi connectivity index (χ4n) is 4.73. The minimum atomic E-state index is -3.07. The van der Waals surface area contributed by atoms with Gasteiger partial charge in [0.2, 0.25) is 0 Å². The molecule has 0 heterocycles. The van der Waals surface area contributed by atoms with Crippen LogP contribution >= 0.6 is 0 Å². The Hall–Kier alpha value is -4.79. The van der Waals surface area contributed by atoms with Crippen LogP contribution in [0.5, 0.6) is 0 Å². The third kappa shape index (κ3) is 7.35. The van der Waals surface area contributed by atoms with E-state index in [-0.39, 0.29) is 0 Å². The molecule has 0 aliphatic heterocycles. The molecule has 206 valence electrons. The van der Waals surface area contributed by atoms with Crippen LogP contribution in [0.2, 0.25) is 0 Å². The van der Waals surface area contributed by atoms with E-state index in [0.717, 1.165) is 33.8 Å². The van der Waals surface area contributed by atoms with Gasteiger partial charge in [-0.05, 0) is 0 Å². The molecule has 0 saturated heterocycles. The van der Waals surface area contributed by atoms with Crippen molar-refractivity contribution in [2.45, 2.75) is 0 Å². The van der Waals surface area contributed by atoms with Gasteiger partial charge in [0, 0.05) is 0 Å². The Balaban J connectivity index is 1.51. The second kappa shape index (κ2) is 14.4. The molecule has 0 radical (unpaired) electrons. The zero-order chi connectivity index (χ0) is 29.1. The molecule has 4 heteroatoms. The van der Waals surface area contributed by atoms with Crippen LogP contribution in [0.15, 0.2) is 179 Å². The first-order valence-electron chi connectivity index (χ1n) is 14.2. The van der Waals surface area contributed by atoms with E-state index in [2.05, 4.69) is 109 Å². The number of nitrogens with zero attached hydrogens (tertiary/aromatic N) is 3. The molecule has 0 saturated carbocycles. The van der Waals surface area contributed by atoms with Crippen molar-refractivity contribution in [2.24, 2.45) is 15.0 Å². The van der Waals surface area contributed by atoms with E-state index >= 15 is 0 Å². The molecule has 0 unspecified atom stereocenters. The molecular formula is C39H30BiN3. The standard InChI is InChI=1S/3C13H10N.Bi/c3*1-3-7-12(8-4-1)11-14-13-9-5-2-6-10-13;/h3*1-9,11H;. The maximum atomic E-state index is 5.04. The zero-order valence-electron chi connectivity index (χ0n) is 23.6. The molecule has 6 rings (SSSR count). The predicted octanol–water partition coefficient (Wildman–Crippen LogP) is 7.45. The molecule has 43 heavy (non-hydrogen) atoms. The van der Waals surface area contributed by atoms with Crippen LogP contribution in [0.1, 0.15) is 16.7 Å². The van der Waals surface area contributed by atoms with Gasteiger partial charge in [-0.15, -0.1) is 0 Å². The van der Waals surface area contributed by atoms with Crippen molar-refractivity contribution in [3.8, 4) is 0 Å². The molecule has 0 spiro atoms. The summed E-state index contributed by atoms with van der Waals surface area (Å²) in [6, 6.07) is 56.5. The van der Waals surface area contributed by atoms with Gasteiger partial charge in [0.05, 0.1) is 0 Å². The van der Waals surface area contributed by atoms with Crippen LogP contribution in [0, 0.1) is 0 Å². The summed E-state index contributed by atoms with van der Waals surface area (Å²) in [6.45, 7) is 0. The average Bonchev–Trinajstić information content (AvgIpc) is 3.08. The number of para-hydroxylation sites is 3. The van der Waals surface area contributed by atoms with Gasteiger partial charge in [-0.3, -0.25) is 0 Å². The Bertz CT molecular complexity index is 1640. The van der Waals surface area contributed by atoms with E-state index in [1.165, 1.54) is 9.81 Å². The molecule has 0 aliphatic carbocycles. The minimum absolute atomic E-state index is 0.993. The number of aliphatic imine (C=N–C) groups is 3. The monoisotopic (exact) mass is 749 g/mol. The van der Waals surface area contributed by atoms with Gasteiger partial charge in [0.25, 0.3) is 0 Å².